The van der Waals surface area contributed by atoms with Crippen LogP contribution in [0.5, 0.6) is 23.0 Å². The molecular weight excluding hydrogens is 422 g/mol. The molecule has 0 atom stereocenters. The lowest BCUT2D eigenvalue weighted by Crippen LogP contribution is -2.27. The molecule has 30 heavy (non-hydrogen) atoms. The first kappa shape index (κ1) is 20.6. The molecule has 6 nitrogen and oxygen atoms in total. The number of rotatable bonds is 6. The first-order valence-corrected chi connectivity index (χ1v) is 10.7. The van der Waals surface area contributed by atoms with Gasteiger partial charge in [-0.2, -0.15) is 0 Å². The van der Waals surface area contributed by atoms with Gasteiger partial charge in [0.25, 0.3) is 5.91 Å². The number of thiocarbonyl (C=S) groups is 1. The fraction of sp³-hybridized carbons (Fsp3) is 0.273. The number of nitrogens with zero attached hydrogens (tertiary/aromatic N) is 1. The van der Waals surface area contributed by atoms with Crippen molar-refractivity contribution in [3.63, 3.8) is 0 Å². The Morgan fingerprint density at radius 3 is 2.73 bits per heavy atom. The fourth-order valence-corrected chi connectivity index (χ4v) is 4.31. The van der Waals surface area contributed by atoms with Gasteiger partial charge in [0, 0.05) is 6.07 Å². The van der Waals surface area contributed by atoms with Gasteiger partial charge in [0.05, 0.1) is 24.3 Å². The van der Waals surface area contributed by atoms with Crippen molar-refractivity contribution in [3.8, 4) is 23.0 Å². The average molecular weight is 444 g/mol. The molecule has 1 saturated heterocycles. The normalized spacial score (nSPS) is 16.7. The number of hydrogen-bond acceptors (Lipinski definition) is 7. The number of fused-ring (bicyclic) bond motifs is 1. The molecule has 0 N–H and O–H groups in total. The molecule has 156 valence electrons. The lowest BCUT2D eigenvalue weighted by atomic mass is 10.1. The van der Waals surface area contributed by atoms with Gasteiger partial charge in [-0.05, 0) is 41.8 Å². The second-order valence-electron chi connectivity index (χ2n) is 7.17. The molecular formula is C22H21NO5S2. The van der Waals surface area contributed by atoms with Crippen molar-refractivity contribution in [1.29, 1.82) is 0 Å². The van der Waals surface area contributed by atoms with E-state index in [2.05, 4.69) is 13.8 Å². The minimum Gasteiger partial charge on any atom is -0.493 e. The van der Waals surface area contributed by atoms with Gasteiger partial charge < -0.3 is 18.9 Å². The Kier molecular flexibility index (Phi) is 5.87. The summed E-state index contributed by atoms with van der Waals surface area (Å²) >= 11 is 6.72. The lowest BCUT2D eigenvalue weighted by Gasteiger charge is -2.15. The largest absolute Gasteiger partial charge is 0.493 e. The first-order chi connectivity index (χ1) is 14.5. The van der Waals surface area contributed by atoms with Gasteiger partial charge in [-0.25, -0.2) is 0 Å². The highest BCUT2D eigenvalue weighted by molar-refractivity contribution is 8.27. The van der Waals surface area contributed by atoms with Crippen LogP contribution in [0, 0.1) is 5.92 Å². The summed E-state index contributed by atoms with van der Waals surface area (Å²) in [4.78, 5) is 15.1. The van der Waals surface area contributed by atoms with Crippen molar-refractivity contribution in [2.24, 2.45) is 5.92 Å². The van der Waals surface area contributed by atoms with E-state index in [9.17, 15) is 4.79 Å². The number of carbonyl (C=O) groups is 1. The molecule has 0 radical (unpaired) electrons. The molecule has 2 aromatic rings. The number of amides is 1. The molecule has 0 bridgehead atoms. The number of benzene rings is 2. The number of hydrogen-bond donors (Lipinski definition) is 0. The highest BCUT2D eigenvalue weighted by atomic mass is 32.2. The third-order valence-corrected chi connectivity index (χ3v) is 5.77. The maximum Gasteiger partial charge on any atom is 0.270 e. The fourth-order valence-electron chi connectivity index (χ4n) is 3.02. The van der Waals surface area contributed by atoms with Crippen LogP contribution in [0.4, 0.5) is 5.69 Å². The van der Waals surface area contributed by atoms with Crippen molar-refractivity contribution in [2.45, 2.75) is 13.8 Å². The van der Waals surface area contributed by atoms with Gasteiger partial charge in [0.1, 0.15) is 0 Å². The van der Waals surface area contributed by atoms with Gasteiger partial charge in [-0.1, -0.05) is 43.9 Å². The summed E-state index contributed by atoms with van der Waals surface area (Å²) in [6.07, 6.45) is 1.81. The summed E-state index contributed by atoms with van der Waals surface area (Å²) in [5.41, 5.74) is 1.48. The van der Waals surface area contributed by atoms with Crippen LogP contribution in [0.2, 0.25) is 0 Å². The first-order valence-electron chi connectivity index (χ1n) is 9.44. The topological polar surface area (TPSA) is 57.2 Å². The van der Waals surface area contributed by atoms with E-state index in [1.165, 1.54) is 16.7 Å². The summed E-state index contributed by atoms with van der Waals surface area (Å²) < 4.78 is 22.5. The van der Waals surface area contributed by atoms with Crippen molar-refractivity contribution in [1.82, 2.24) is 0 Å². The predicted molar refractivity (Wildman–Crippen MR) is 122 cm³/mol. The van der Waals surface area contributed by atoms with Crippen LogP contribution in [0.1, 0.15) is 19.4 Å². The molecule has 0 unspecified atom stereocenters. The van der Waals surface area contributed by atoms with Crippen LogP contribution in [0.25, 0.3) is 6.08 Å². The van der Waals surface area contributed by atoms with E-state index < -0.39 is 0 Å². The van der Waals surface area contributed by atoms with E-state index in [0.29, 0.717) is 50.4 Å². The quantitative estimate of drug-likeness (QED) is 0.467. The van der Waals surface area contributed by atoms with Gasteiger partial charge in [-0.15, -0.1) is 0 Å². The summed E-state index contributed by atoms with van der Waals surface area (Å²) in [6.45, 7) is 4.95. The third kappa shape index (κ3) is 4.11. The highest BCUT2D eigenvalue weighted by Crippen LogP contribution is 2.41. The molecule has 2 aliphatic heterocycles. The minimum atomic E-state index is -0.178. The van der Waals surface area contributed by atoms with Crippen molar-refractivity contribution < 1.29 is 23.7 Å². The SMILES string of the molecule is COc1cc(/C=C2/SC(=S)N(c3ccc4c(c3)OCO4)C2=O)ccc1OCC(C)C. The second-order valence-corrected chi connectivity index (χ2v) is 8.85. The molecule has 2 aromatic carbocycles. The summed E-state index contributed by atoms with van der Waals surface area (Å²) in [5.74, 6) is 2.79. The number of anilines is 1. The molecule has 0 saturated carbocycles. The Bertz CT molecular complexity index is 1030. The van der Waals surface area contributed by atoms with E-state index in [1.807, 2.05) is 18.2 Å². The summed E-state index contributed by atoms with van der Waals surface area (Å²) in [7, 11) is 1.60. The monoisotopic (exact) mass is 443 g/mol. The summed E-state index contributed by atoms with van der Waals surface area (Å²) in [6, 6.07) is 10.9. The molecule has 8 heteroatoms. The Hall–Kier alpha value is -2.71. The van der Waals surface area contributed by atoms with Gasteiger partial charge >= 0.3 is 0 Å². The molecule has 0 aromatic heterocycles. The second kappa shape index (κ2) is 8.57. The van der Waals surface area contributed by atoms with Crippen LogP contribution >= 0.6 is 24.0 Å². The van der Waals surface area contributed by atoms with E-state index in [1.54, 1.807) is 31.4 Å². The van der Waals surface area contributed by atoms with E-state index >= 15 is 0 Å². The molecule has 1 fully saturated rings. The highest BCUT2D eigenvalue weighted by Gasteiger charge is 2.34. The van der Waals surface area contributed by atoms with Crippen molar-refractivity contribution in [3.05, 3.63) is 46.9 Å². The van der Waals surface area contributed by atoms with E-state index in [0.717, 1.165) is 5.56 Å². The number of methoxy groups -OCH3 is 1. The Labute approximate surface area is 184 Å². The molecule has 4 rings (SSSR count). The zero-order valence-electron chi connectivity index (χ0n) is 16.8. The molecule has 0 aliphatic carbocycles. The zero-order valence-corrected chi connectivity index (χ0v) is 18.5. The van der Waals surface area contributed by atoms with Crippen LogP contribution in [-0.2, 0) is 4.79 Å². The smallest absolute Gasteiger partial charge is 0.270 e. The van der Waals surface area contributed by atoms with Crippen molar-refractivity contribution in [2.75, 3.05) is 25.4 Å². The Balaban J connectivity index is 1.57. The summed E-state index contributed by atoms with van der Waals surface area (Å²) in [5, 5.41) is 0. The molecule has 0 spiro atoms. The van der Waals surface area contributed by atoms with Gasteiger partial charge in [-0.3, -0.25) is 9.69 Å². The maximum atomic E-state index is 13.0. The van der Waals surface area contributed by atoms with E-state index in [4.69, 9.17) is 31.2 Å². The van der Waals surface area contributed by atoms with Gasteiger partial charge in [0.2, 0.25) is 6.79 Å². The van der Waals surface area contributed by atoms with Crippen LogP contribution < -0.4 is 23.8 Å². The Morgan fingerprint density at radius 2 is 1.97 bits per heavy atom. The van der Waals surface area contributed by atoms with Crippen LogP contribution in [-0.4, -0.2) is 30.7 Å². The molecule has 2 heterocycles. The predicted octanol–water partition coefficient (Wildman–Crippen LogP) is 4.86. The van der Waals surface area contributed by atoms with Gasteiger partial charge in [0.15, 0.2) is 27.3 Å². The van der Waals surface area contributed by atoms with Crippen molar-refractivity contribution >= 4 is 46.0 Å². The number of carbonyl (C=O) groups excluding carboxylic acids is 1. The number of ether oxygens (including phenoxy) is 4. The lowest BCUT2D eigenvalue weighted by molar-refractivity contribution is -0.113. The Morgan fingerprint density at radius 1 is 1.17 bits per heavy atom. The standard InChI is InChI=1S/C22H21NO5S2/c1-13(2)11-26-16-6-4-14(8-18(16)25-3)9-20-21(24)23(22(29)30-20)15-5-7-17-19(10-15)28-12-27-17/h4-10,13H,11-12H2,1-3H3/b20-9+. The van der Waals surface area contributed by atoms with E-state index in [-0.39, 0.29) is 12.7 Å². The zero-order chi connectivity index (χ0) is 21.3. The number of thioether (sulfide) groups is 1. The third-order valence-electron chi connectivity index (χ3n) is 4.47. The molecule has 2 aliphatic rings. The maximum absolute atomic E-state index is 13.0. The minimum absolute atomic E-state index is 0.176. The van der Waals surface area contributed by atoms with Crippen LogP contribution in [0.15, 0.2) is 41.3 Å². The molecule has 1 amide bonds. The average Bonchev–Trinajstić information content (AvgIpc) is 3.30. The van der Waals surface area contributed by atoms with Crippen LogP contribution in [0.3, 0.4) is 0 Å².